The molecule has 1 fully saturated rings. The van der Waals surface area contributed by atoms with Gasteiger partial charge < -0.3 is 19.7 Å². The van der Waals surface area contributed by atoms with E-state index in [4.69, 9.17) is 9.47 Å². The molecule has 0 unspecified atom stereocenters. The van der Waals surface area contributed by atoms with Crippen LogP contribution in [0.5, 0.6) is 0 Å². The van der Waals surface area contributed by atoms with E-state index in [2.05, 4.69) is 36.1 Å². The van der Waals surface area contributed by atoms with Crippen molar-refractivity contribution >= 4 is 50.6 Å². The van der Waals surface area contributed by atoms with Gasteiger partial charge in [-0.3, -0.25) is 14.7 Å². The molecule has 2 aromatic rings. The number of piperazine rings is 1. The van der Waals surface area contributed by atoms with Gasteiger partial charge >= 0.3 is 6.09 Å². The Morgan fingerprint density at radius 2 is 2.13 bits per heavy atom. The topological polar surface area (TPSA) is 96.9 Å². The van der Waals surface area contributed by atoms with Crippen LogP contribution >= 0.6 is 27.3 Å². The van der Waals surface area contributed by atoms with Crippen LogP contribution in [0.4, 0.5) is 16.2 Å². The minimum atomic E-state index is -0.570. The van der Waals surface area contributed by atoms with Gasteiger partial charge in [-0.05, 0) is 42.8 Å². The maximum atomic E-state index is 12.7. The summed E-state index contributed by atoms with van der Waals surface area (Å²) in [4.78, 5) is 37.4. The molecule has 0 bridgehead atoms. The molecule has 31 heavy (non-hydrogen) atoms. The minimum Gasteiger partial charge on any atom is -0.444 e. The molecule has 1 atom stereocenters. The SMILES string of the molecule is COC[C@H]1CN(c2ccncc2NC(=O)c2csc(Br)n2)CCN1C(=O)OC(C)(C)C. The molecule has 1 aliphatic rings. The Morgan fingerprint density at radius 1 is 1.35 bits per heavy atom. The van der Waals surface area contributed by atoms with Crippen molar-refractivity contribution in [3.8, 4) is 0 Å². The number of hydrogen-bond donors (Lipinski definition) is 1. The van der Waals surface area contributed by atoms with Crippen LogP contribution in [-0.2, 0) is 9.47 Å². The van der Waals surface area contributed by atoms with Gasteiger partial charge in [-0.15, -0.1) is 11.3 Å². The van der Waals surface area contributed by atoms with Gasteiger partial charge in [0.15, 0.2) is 3.92 Å². The van der Waals surface area contributed by atoms with E-state index in [0.29, 0.717) is 41.5 Å². The number of halogens is 1. The zero-order valence-corrected chi connectivity index (χ0v) is 20.3. The molecule has 0 aliphatic carbocycles. The molecule has 11 heteroatoms. The maximum Gasteiger partial charge on any atom is 0.410 e. The molecule has 3 heterocycles. The number of nitrogens with one attached hydrogen (secondary N) is 1. The summed E-state index contributed by atoms with van der Waals surface area (Å²) < 4.78 is 11.6. The monoisotopic (exact) mass is 511 g/mol. The summed E-state index contributed by atoms with van der Waals surface area (Å²) in [6, 6.07) is 1.65. The lowest BCUT2D eigenvalue weighted by molar-refractivity contribution is 0.00344. The molecule has 0 radical (unpaired) electrons. The Hall–Kier alpha value is -2.24. The second kappa shape index (κ2) is 9.92. The van der Waals surface area contributed by atoms with Crippen LogP contribution in [0.15, 0.2) is 27.8 Å². The van der Waals surface area contributed by atoms with Crippen LogP contribution in [0, 0.1) is 0 Å². The summed E-state index contributed by atoms with van der Waals surface area (Å²) in [5.74, 6) is -0.308. The molecule has 168 valence electrons. The molecule has 3 rings (SSSR count). The summed E-state index contributed by atoms with van der Waals surface area (Å²) in [5.41, 5.74) is 1.17. The Bertz CT molecular complexity index is 932. The summed E-state index contributed by atoms with van der Waals surface area (Å²) >= 11 is 4.62. The van der Waals surface area contributed by atoms with Crippen molar-refractivity contribution in [2.75, 3.05) is 43.6 Å². The Kier molecular flexibility index (Phi) is 7.50. The van der Waals surface area contributed by atoms with E-state index in [-0.39, 0.29) is 18.0 Å². The quantitative estimate of drug-likeness (QED) is 0.654. The largest absolute Gasteiger partial charge is 0.444 e. The summed E-state index contributed by atoms with van der Waals surface area (Å²) in [6.45, 7) is 7.49. The van der Waals surface area contributed by atoms with Crippen molar-refractivity contribution in [2.24, 2.45) is 0 Å². The number of carbonyl (C=O) groups is 2. The van der Waals surface area contributed by atoms with Crippen LogP contribution in [0.25, 0.3) is 0 Å². The van der Waals surface area contributed by atoms with Gasteiger partial charge in [-0.2, -0.15) is 0 Å². The normalized spacial score (nSPS) is 16.9. The molecule has 1 N–H and O–H groups in total. The van der Waals surface area contributed by atoms with Gasteiger partial charge in [-0.25, -0.2) is 9.78 Å². The van der Waals surface area contributed by atoms with E-state index in [9.17, 15) is 9.59 Å². The van der Waals surface area contributed by atoms with Gasteiger partial charge in [0.25, 0.3) is 5.91 Å². The third-order valence-corrected chi connectivity index (χ3v) is 5.93. The fourth-order valence-corrected chi connectivity index (χ4v) is 4.26. The highest BCUT2D eigenvalue weighted by Crippen LogP contribution is 2.28. The molecule has 0 aromatic carbocycles. The molecule has 1 aliphatic heterocycles. The van der Waals surface area contributed by atoms with Crippen molar-refractivity contribution in [3.63, 3.8) is 0 Å². The number of thiazole rings is 1. The molecule has 1 saturated heterocycles. The lowest BCUT2D eigenvalue weighted by atomic mass is 10.1. The number of anilines is 2. The van der Waals surface area contributed by atoms with Crippen molar-refractivity contribution in [3.05, 3.63) is 33.5 Å². The number of rotatable bonds is 5. The first kappa shape index (κ1) is 23.4. The first-order valence-electron chi connectivity index (χ1n) is 9.78. The number of carbonyl (C=O) groups excluding carboxylic acids is 2. The number of aromatic nitrogens is 2. The van der Waals surface area contributed by atoms with Crippen LogP contribution in [0.2, 0.25) is 0 Å². The van der Waals surface area contributed by atoms with Gasteiger partial charge in [0.2, 0.25) is 0 Å². The predicted molar refractivity (Wildman–Crippen MR) is 123 cm³/mol. The van der Waals surface area contributed by atoms with Crippen LogP contribution in [-0.4, -0.2) is 71.9 Å². The van der Waals surface area contributed by atoms with Gasteiger partial charge in [0.1, 0.15) is 11.3 Å². The van der Waals surface area contributed by atoms with Crippen LogP contribution in [0.1, 0.15) is 31.3 Å². The molecular weight excluding hydrogens is 486 g/mol. The lowest BCUT2D eigenvalue weighted by Gasteiger charge is -2.42. The zero-order valence-electron chi connectivity index (χ0n) is 17.9. The molecule has 0 saturated carbocycles. The van der Waals surface area contributed by atoms with Gasteiger partial charge in [0, 0.05) is 38.3 Å². The first-order chi connectivity index (χ1) is 14.7. The highest BCUT2D eigenvalue weighted by Gasteiger charge is 2.34. The fraction of sp³-hybridized carbons (Fsp3) is 0.500. The number of pyridine rings is 1. The van der Waals surface area contributed by atoms with Crippen LogP contribution < -0.4 is 10.2 Å². The standard InChI is InChI=1S/C20H26BrN5O4S/c1-20(2,3)30-19(28)26-8-7-25(10-13(26)11-29-4)16-5-6-22-9-14(16)23-17(27)15-12-31-18(21)24-15/h5-6,9,12-13H,7-8,10-11H2,1-4H3,(H,23,27)/t13-/m1/s1. The fourth-order valence-electron chi connectivity index (χ4n) is 3.27. The molecular formula is C20H26BrN5O4S. The smallest absolute Gasteiger partial charge is 0.410 e. The highest BCUT2D eigenvalue weighted by atomic mass is 79.9. The summed E-state index contributed by atoms with van der Waals surface area (Å²) in [7, 11) is 1.61. The van der Waals surface area contributed by atoms with Crippen molar-refractivity contribution in [1.29, 1.82) is 0 Å². The molecule has 0 spiro atoms. The van der Waals surface area contributed by atoms with E-state index in [0.717, 1.165) is 5.69 Å². The van der Waals surface area contributed by atoms with E-state index >= 15 is 0 Å². The summed E-state index contributed by atoms with van der Waals surface area (Å²) in [5, 5.41) is 4.58. The second-order valence-electron chi connectivity index (χ2n) is 8.06. The van der Waals surface area contributed by atoms with E-state index in [1.165, 1.54) is 11.3 Å². The Balaban J connectivity index is 1.76. The third kappa shape index (κ3) is 6.14. The van der Waals surface area contributed by atoms with Crippen molar-refractivity contribution in [1.82, 2.24) is 14.9 Å². The van der Waals surface area contributed by atoms with Gasteiger partial charge in [0.05, 0.1) is 30.2 Å². The van der Waals surface area contributed by atoms with Gasteiger partial charge in [-0.1, -0.05) is 0 Å². The maximum absolute atomic E-state index is 12.7. The number of amides is 2. The average molecular weight is 512 g/mol. The highest BCUT2D eigenvalue weighted by molar-refractivity contribution is 9.11. The first-order valence-corrected chi connectivity index (χ1v) is 11.4. The predicted octanol–water partition coefficient (Wildman–Crippen LogP) is 3.63. The number of nitrogens with zero attached hydrogens (tertiary/aromatic N) is 4. The lowest BCUT2D eigenvalue weighted by Crippen LogP contribution is -2.57. The van der Waals surface area contributed by atoms with Crippen molar-refractivity contribution < 1.29 is 19.1 Å². The van der Waals surface area contributed by atoms with E-state index in [1.54, 1.807) is 29.8 Å². The molecule has 2 amide bonds. The Morgan fingerprint density at radius 3 is 2.77 bits per heavy atom. The van der Waals surface area contributed by atoms with E-state index in [1.807, 2.05) is 26.8 Å². The number of methoxy groups -OCH3 is 1. The number of hydrogen-bond acceptors (Lipinski definition) is 8. The second-order valence-corrected chi connectivity index (χ2v) is 10.2. The molecule has 2 aromatic heterocycles. The summed E-state index contributed by atoms with van der Waals surface area (Å²) in [6.07, 6.45) is 2.93. The third-order valence-electron chi connectivity index (χ3n) is 4.57. The molecule has 9 nitrogen and oxygen atoms in total. The number of ether oxygens (including phenoxy) is 2. The zero-order chi connectivity index (χ0) is 22.6. The average Bonchev–Trinajstić information content (AvgIpc) is 3.14. The van der Waals surface area contributed by atoms with Crippen molar-refractivity contribution in [2.45, 2.75) is 32.4 Å². The van der Waals surface area contributed by atoms with E-state index < -0.39 is 5.60 Å². The Labute approximate surface area is 193 Å². The van der Waals surface area contributed by atoms with Crippen LogP contribution in [0.3, 0.4) is 0 Å². The minimum absolute atomic E-state index is 0.195.